The van der Waals surface area contributed by atoms with Crippen LogP contribution in [0.3, 0.4) is 0 Å². The highest BCUT2D eigenvalue weighted by Crippen LogP contribution is 2.04. The smallest absolute Gasteiger partial charge is 0.323 e. The molecule has 16 heavy (non-hydrogen) atoms. The Morgan fingerprint density at radius 3 is 2.38 bits per heavy atom. The molecule has 0 heterocycles. The number of hydrogen-bond donors (Lipinski definition) is 1. The normalized spacial score (nSPS) is 11.8. The molecule has 0 unspecified atom stereocenters. The van der Waals surface area contributed by atoms with Crippen LogP contribution in [0.2, 0.25) is 0 Å². The standard InChI is InChI=1S/C12H17NO2.ClH/c1-9(2)11(13)12(14)15-8-10-6-4-3-5-7-10;/h3-7,9,11H,8,13H2,1-2H3;1H/t11-;/m1./s1. The average Bonchev–Trinajstić information content (AvgIpc) is 2.26. The van der Waals surface area contributed by atoms with E-state index in [1.54, 1.807) is 0 Å². The highest BCUT2D eigenvalue weighted by Gasteiger charge is 2.18. The third-order valence-electron chi connectivity index (χ3n) is 2.21. The Hall–Kier alpha value is -1.06. The third-order valence-corrected chi connectivity index (χ3v) is 2.21. The van der Waals surface area contributed by atoms with Gasteiger partial charge in [-0.2, -0.15) is 0 Å². The maximum Gasteiger partial charge on any atom is 0.323 e. The van der Waals surface area contributed by atoms with E-state index in [-0.39, 0.29) is 24.3 Å². The average molecular weight is 244 g/mol. The first kappa shape index (κ1) is 14.9. The van der Waals surface area contributed by atoms with Gasteiger partial charge in [-0.25, -0.2) is 0 Å². The second-order valence-electron chi connectivity index (χ2n) is 3.86. The number of halogens is 1. The molecule has 0 saturated heterocycles. The molecule has 0 aliphatic carbocycles. The fourth-order valence-corrected chi connectivity index (χ4v) is 1.10. The van der Waals surface area contributed by atoms with Gasteiger partial charge in [0.25, 0.3) is 0 Å². The Kier molecular flexibility index (Phi) is 6.77. The second-order valence-corrected chi connectivity index (χ2v) is 3.86. The van der Waals surface area contributed by atoms with Crippen LogP contribution in [0.25, 0.3) is 0 Å². The van der Waals surface area contributed by atoms with Gasteiger partial charge in [0.05, 0.1) is 0 Å². The summed E-state index contributed by atoms with van der Waals surface area (Å²) in [5.74, 6) is -0.234. The Labute approximate surface area is 102 Å². The summed E-state index contributed by atoms with van der Waals surface area (Å²) in [4.78, 5) is 11.4. The van der Waals surface area contributed by atoms with Gasteiger partial charge >= 0.3 is 5.97 Å². The molecule has 0 aliphatic rings. The van der Waals surface area contributed by atoms with E-state index in [4.69, 9.17) is 10.5 Å². The van der Waals surface area contributed by atoms with Gasteiger partial charge in [0.1, 0.15) is 12.6 Å². The zero-order chi connectivity index (χ0) is 11.3. The van der Waals surface area contributed by atoms with Crippen LogP contribution >= 0.6 is 12.4 Å². The molecule has 0 aromatic heterocycles. The lowest BCUT2D eigenvalue weighted by molar-refractivity contribution is -0.147. The minimum absolute atomic E-state index is 0. The number of esters is 1. The predicted octanol–water partition coefficient (Wildman–Crippen LogP) is 2.13. The molecule has 2 N–H and O–H groups in total. The van der Waals surface area contributed by atoms with Crippen LogP contribution in [-0.2, 0) is 16.1 Å². The SMILES string of the molecule is CC(C)[C@@H](N)C(=O)OCc1ccccc1.Cl. The zero-order valence-electron chi connectivity index (χ0n) is 9.55. The number of carbonyl (C=O) groups excluding carboxylic acids is 1. The van der Waals surface area contributed by atoms with E-state index < -0.39 is 6.04 Å². The van der Waals surface area contributed by atoms with Gasteiger partial charge in [-0.05, 0) is 11.5 Å². The monoisotopic (exact) mass is 243 g/mol. The van der Waals surface area contributed by atoms with E-state index in [1.807, 2.05) is 44.2 Å². The lowest BCUT2D eigenvalue weighted by atomic mass is 10.1. The number of carbonyl (C=O) groups is 1. The number of ether oxygens (including phenoxy) is 1. The molecule has 0 bridgehead atoms. The molecule has 1 rings (SSSR count). The minimum Gasteiger partial charge on any atom is -0.460 e. The van der Waals surface area contributed by atoms with Crippen molar-refractivity contribution in [3.05, 3.63) is 35.9 Å². The minimum atomic E-state index is -0.534. The summed E-state index contributed by atoms with van der Waals surface area (Å²) in [6.45, 7) is 4.09. The topological polar surface area (TPSA) is 52.3 Å². The van der Waals surface area contributed by atoms with Crippen LogP contribution in [0, 0.1) is 5.92 Å². The van der Waals surface area contributed by atoms with Crippen molar-refractivity contribution in [3.63, 3.8) is 0 Å². The van der Waals surface area contributed by atoms with Crippen LogP contribution in [0.4, 0.5) is 0 Å². The molecule has 0 saturated carbocycles. The lowest BCUT2D eigenvalue weighted by Crippen LogP contribution is -2.36. The van der Waals surface area contributed by atoms with Crippen LogP contribution in [0.15, 0.2) is 30.3 Å². The number of rotatable bonds is 4. The quantitative estimate of drug-likeness (QED) is 0.825. The maximum atomic E-state index is 11.4. The highest BCUT2D eigenvalue weighted by atomic mass is 35.5. The van der Waals surface area contributed by atoms with Crippen molar-refractivity contribution < 1.29 is 9.53 Å². The maximum absolute atomic E-state index is 11.4. The van der Waals surface area contributed by atoms with Crippen LogP contribution < -0.4 is 5.73 Å². The van der Waals surface area contributed by atoms with Crippen LogP contribution in [-0.4, -0.2) is 12.0 Å². The molecular formula is C12H18ClNO2. The Balaban J connectivity index is 0.00000225. The van der Waals surface area contributed by atoms with Crippen LogP contribution in [0.1, 0.15) is 19.4 Å². The predicted molar refractivity (Wildman–Crippen MR) is 66.3 cm³/mol. The molecule has 0 amide bonds. The number of hydrogen-bond acceptors (Lipinski definition) is 3. The molecule has 0 fully saturated rings. The highest BCUT2D eigenvalue weighted by molar-refractivity contribution is 5.85. The third kappa shape index (κ3) is 4.64. The van der Waals surface area contributed by atoms with E-state index in [2.05, 4.69) is 0 Å². The Morgan fingerprint density at radius 1 is 1.31 bits per heavy atom. The molecule has 90 valence electrons. The molecule has 0 spiro atoms. The Morgan fingerprint density at radius 2 is 1.88 bits per heavy atom. The zero-order valence-corrected chi connectivity index (χ0v) is 10.4. The van der Waals surface area contributed by atoms with Gasteiger partial charge in [-0.15, -0.1) is 12.4 Å². The molecule has 1 aromatic carbocycles. The molecule has 0 aliphatic heterocycles. The van der Waals surface area contributed by atoms with Crippen molar-refractivity contribution in [2.75, 3.05) is 0 Å². The van der Waals surface area contributed by atoms with Gasteiger partial charge in [0.15, 0.2) is 0 Å². The fourth-order valence-electron chi connectivity index (χ4n) is 1.10. The summed E-state index contributed by atoms with van der Waals surface area (Å²) in [5, 5.41) is 0. The largest absolute Gasteiger partial charge is 0.460 e. The van der Waals surface area contributed by atoms with E-state index in [0.717, 1.165) is 5.56 Å². The first-order valence-electron chi connectivity index (χ1n) is 5.07. The van der Waals surface area contributed by atoms with Gasteiger partial charge in [0.2, 0.25) is 0 Å². The fraction of sp³-hybridized carbons (Fsp3) is 0.417. The van der Waals surface area contributed by atoms with E-state index in [1.165, 1.54) is 0 Å². The van der Waals surface area contributed by atoms with Crippen LogP contribution in [0.5, 0.6) is 0 Å². The summed E-state index contributed by atoms with van der Waals surface area (Å²) in [6, 6.07) is 9.03. The van der Waals surface area contributed by atoms with Crippen molar-refractivity contribution in [3.8, 4) is 0 Å². The molecule has 4 heteroatoms. The first-order valence-corrected chi connectivity index (χ1v) is 5.07. The lowest BCUT2D eigenvalue weighted by Gasteiger charge is -2.14. The molecule has 3 nitrogen and oxygen atoms in total. The van der Waals surface area contributed by atoms with Gasteiger partial charge in [0, 0.05) is 0 Å². The number of nitrogens with two attached hydrogens (primary N) is 1. The van der Waals surface area contributed by atoms with Crippen molar-refractivity contribution in [1.82, 2.24) is 0 Å². The van der Waals surface area contributed by atoms with Gasteiger partial charge < -0.3 is 10.5 Å². The van der Waals surface area contributed by atoms with Crippen molar-refractivity contribution in [1.29, 1.82) is 0 Å². The summed E-state index contributed by atoms with van der Waals surface area (Å²) in [6.07, 6.45) is 0. The molecule has 1 aromatic rings. The summed E-state index contributed by atoms with van der Waals surface area (Å²) in [5.41, 5.74) is 6.62. The van der Waals surface area contributed by atoms with E-state index >= 15 is 0 Å². The van der Waals surface area contributed by atoms with Gasteiger partial charge in [-0.3, -0.25) is 4.79 Å². The van der Waals surface area contributed by atoms with Crippen molar-refractivity contribution in [2.24, 2.45) is 11.7 Å². The number of benzene rings is 1. The summed E-state index contributed by atoms with van der Waals surface area (Å²) in [7, 11) is 0. The molecule has 0 radical (unpaired) electrons. The van der Waals surface area contributed by atoms with Crippen molar-refractivity contribution in [2.45, 2.75) is 26.5 Å². The summed E-state index contributed by atoms with van der Waals surface area (Å²) >= 11 is 0. The second kappa shape index (κ2) is 7.25. The molecule has 1 atom stereocenters. The first-order chi connectivity index (χ1) is 7.11. The molecular weight excluding hydrogens is 226 g/mol. The summed E-state index contributed by atoms with van der Waals surface area (Å²) < 4.78 is 5.09. The van der Waals surface area contributed by atoms with E-state index in [9.17, 15) is 4.79 Å². The van der Waals surface area contributed by atoms with Gasteiger partial charge in [-0.1, -0.05) is 44.2 Å². The Bertz CT molecular complexity index is 314. The van der Waals surface area contributed by atoms with Crippen molar-refractivity contribution >= 4 is 18.4 Å². The van der Waals surface area contributed by atoms with E-state index in [0.29, 0.717) is 6.61 Å².